The summed E-state index contributed by atoms with van der Waals surface area (Å²) >= 11 is 3.34. The predicted octanol–water partition coefficient (Wildman–Crippen LogP) is 3.09. The highest BCUT2D eigenvalue weighted by Gasteiger charge is 2.64. The molecular weight excluding hydrogens is 346 g/mol. The number of esters is 2. The molecule has 8 heteroatoms. The molecule has 5 unspecified atom stereocenters. The van der Waals surface area contributed by atoms with Crippen molar-refractivity contribution < 1.29 is 27.8 Å². The molecule has 1 aliphatic heterocycles. The molecule has 0 aromatic rings. The Hall–Kier alpha value is -0.500. The van der Waals surface area contributed by atoms with Crippen LogP contribution in [0.2, 0.25) is 0 Å². The molecule has 0 radical (unpaired) electrons. The van der Waals surface area contributed by atoms with E-state index in [0.717, 1.165) is 25.0 Å². The van der Waals surface area contributed by atoms with E-state index in [1.807, 2.05) is 0 Å². The minimum absolute atomic E-state index is 0.117. The molecule has 3 rings (SSSR count). The number of hydrogen-bond donors (Lipinski definition) is 0. The number of ether oxygens (including phenoxy) is 2. The van der Waals surface area contributed by atoms with Gasteiger partial charge in [-0.2, -0.15) is 8.78 Å². The summed E-state index contributed by atoms with van der Waals surface area (Å²) in [6.07, 6.45) is 2.42. The number of rotatable bonds is 4. The Morgan fingerprint density at radius 1 is 1.35 bits per heavy atom. The number of carbonyl (C=O) groups excluding carboxylic acids is 2. The van der Waals surface area contributed by atoms with E-state index in [2.05, 4.69) is 0 Å². The van der Waals surface area contributed by atoms with E-state index in [9.17, 15) is 18.4 Å². The predicted molar refractivity (Wildman–Crippen MR) is 84.5 cm³/mol. The Morgan fingerprint density at radius 2 is 2.09 bits per heavy atom. The van der Waals surface area contributed by atoms with Gasteiger partial charge in [0.2, 0.25) is 0 Å². The molecule has 2 saturated carbocycles. The molecule has 0 aromatic heterocycles. The lowest BCUT2D eigenvalue weighted by Crippen LogP contribution is -2.45. The lowest BCUT2D eigenvalue weighted by Gasteiger charge is -2.39. The van der Waals surface area contributed by atoms with Crippen LogP contribution in [0.25, 0.3) is 0 Å². The van der Waals surface area contributed by atoms with Crippen molar-refractivity contribution in [3.63, 3.8) is 0 Å². The Bertz CT molecular complexity index is 510. The van der Waals surface area contributed by atoms with Gasteiger partial charge in [-0.15, -0.1) is 23.5 Å². The fourth-order valence-corrected chi connectivity index (χ4v) is 8.02. The molecular formula is C15H20F2O4S2. The summed E-state index contributed by atoms with van der Waals surface area (Å²) in [6, 6.07) is 0. The van der Waals surface area contributed by atoms with Crippen molar-refractivity contribution in [2.24, 2.45) is 11.8 Å². The summed E-state index contributed by atoms with van der Waals surface area (Å²) in [7, 11) is 0. The number of fused-ring (bicyclic) bond motifs is 3. The number of thioether (sulfide) groups is 2. The van der Waals surface area contributed by atoms with Crippen LogP contribution in [0, 0.1) is 11.8 Å². The first-order valence-corrected chi connectivity index (χ1v) is 9.63. The maximum absolute atomic E-state index is 13.2. The minimum Gasteiger partial charge on any atom is -0.465 e. The first kappa shape index (κ1) is 17.3. The van der Waals surface area contributed by atoms with E-state index in [4.69, 9.17) is 9.47 Å². The van der Waals surface area contributed by atoms with Crippen molar-refractivity contribution in [2.75, 3.05) is 12.4 Å². The van der Waals surface area contributed by atoms with Crippen molar-refractivity contribution in [3.05, 3.63) is 0 Å². The molecule has 5 atom stereocenters. The van der Waals surface area contributed by atoms with E-state index in [1.165, 1.54) is 6.92 Å². The van der Waals surface area contributed by atoms with Gasteiger partial charge in [-0.05, 0) is 31.1 Å². The van der Waals surface area contributed by atoms with Gasteiger partial charge in [0.15, 0.2) is 0 Å². The summed E-state index contributed by atoms with van der Waals surface area (Å²) in [5.74, 6) is -3.91. The summed E-state index contributed by atoms with van der Waals surface area (Å²) in [5.41, 5.74) is 0. The van der Waals surface area contributed by atoms with Gasteiger partial charge in [-0.3, -0.25) is 4.79 Å². The fourth-order valence-electron chi connectivity index (χ4n) is 3.82. The first-order chi connectivity index (χ1) is 10.7. The normalized spacial score (nSPS) is 39.0. The highest BCUT2D eigenvalue weighted by atomic mass is 32.2. The smallest absolute Gasteiger partial charge is 0.377 e. The number of carbonyl (C=O) groups is 2. The van der Waals surface area contributed by atoms with E-state index in [0.29, 0.717) is 19.4 Å². The maximum atomic E-state index is 13.2. The third kappa shape index (κ3) is 3.21. The van der Waals surface area contributed by atoms with E-state index in [-0.39, 0.29) is 21.2 Å². The van der Waals surface area contributed by atoms with Gasteiger partial charge in [-0.25, -0.2) is 4.79 Å². The number of hydrogen-bond acceptors (Lipinski definition) is 6. The fraction of sp³-hybridized carbons (Fsp3) is 0.867. The van der Waals surface area contributed by atoms with Crippen molar-refractivity contribution in [1.82, 2.24) is 0 Å². The Balaban J connectivity index is 1.72. The molecule has 0 amide bonds. The van der Waals surface area contributed by atoms with Crippen LogP contribution in [0.3, 0.4) is 0 Å². The molecule has 1 spiro atoms. The average Bonchev–Trinajstić information content (AvgIpc) is 3.14. The second kappa shape index (κ2) is 6.10. The molecule has 2 bridgehead atoms. The van der Waals surface area contributed by atoms with Crippen molar-refractivity contribution >= 4 is 35.5 Å². The zero-order chi connectivity index (χ0) is 16.8. The molecule has 3 fully saturated rings. The zero-order valence-electron chi connectivity index (χ0n) is 13.1. The van der Waals surface area contributed by atoms with Gasteiger partial charge in [0.25, 0.3) is 0 Å². The largest absolute Gasteiger partial charge is 0.465 e. The second-order valence-corrected chi connectivity index (χ2v) is 9.69. The molecule has 23 heavy (non-hydrogen) atoms. The summed E-state index contributed by atoms with van der Waals surface area (Å²) < 4.78 is 36.5. The highest BCUT2D eigenvalue weighted by Crippen LogP contribution is 2.67. The topological polar surface area (TPSA) is 52.6 Å². The second-order valence-electron chi connectivity index (χ2n) is 6.56. The lowest BCUT2D eigenvalue weighted by molar-refractivity contribution is -0.177. The molecule has 3 aliphatic rings. The molecule has 0 N–H and O–H groups in total. The van der Waals surface area contributed by atoms with Crippen LogP contribution < -0.4 is 0 Å². The van der Waals surface area contributed by atoms with Gasteiger partial charge in [0.1, 0.15) is 16.8 Å². The SMILES string of the molecule is CC(=O)OCC1CSC2(S1)C1CCC(C1)C2OC(=O)C(C)(F)F. The Kier molecular flexibility index (Phi) is 4.59. The molecule has 4 nitrogen and oxygen atoms in total. The average molecular weight is 366 g/mol. The van der Waals surface area contributed by atoms with E-state index >= 15 is 0 Å². The Labute approximate surface area is 142 Å². The quantitative estimate of drug-likeness (QED) is 0.713. The molecule has 0 aromatic carbocycles. The highest BCUT2D eigenvalue weighted by molar-refractivity contribution is 8.21. The first-order valence-electron chi connectivity index (χ1n) is 7.76. The Morgan fingerprint density at radius 3 is 2.74 bits per heavy atom. The summed E-state index contributed by atoms with van der Waals surface area (Å²) in [6.45, 7) is 2.26. The van der Waals surface area contributed by atoms with Gasteiger partial charge in [-0.1, -0.05) is 0 Å². The third-order valence-electron chi connectivity index (χ3n) is 4.78. The molecule has 1 heterocycles. The van der Waals surface area contributed by atoms with Crippen LogP contribution in [0.15, 0.2) is 0 Å². The third-order valence-corrected chi connectivity index (χ3v) is 8.79. The van der Waals surface area contributed by atoms with Crippen LogP contribution >= 0.6 is 23.5 Å². The molecule has 130 valence electrons. The maximum Gasteiger partial charge on any atom is 0.377 e. The minimum atomic E-state index is -3.46. The van der Waals surface area contributed by atoms with Gasteiger partial charge < -0.3 is 9.47 Å². The van der Waals surface area contributed by atoms with Crippen molar-refractivity contribution in [1.29, 1.82) is 0 Å². The number of alkyl halides is 2. The standard InChI is InChI=1S/C15H20F2O4S2/c1-8(18)20-6-11-7-22-15(23-11)10-4-3-9(5-10)12(15)21-13(19)14(2,16)17/h9-12H,3-7H2,1-2H3. The van der Waals surface area contributed by atoms with Crippen LogP contribution in [0.4, 0.5) is 8.78 Å². The van der Waals surface area contributed by atoms with Crippen LogP contribution in [-0.2, 0) is 19.1 Å². The van der Waals surface area contributed by atoms with Gasteiger partial charge in [0.05, 0.1) is 0 Å². The summed E-state index contributed by atoms with van der Waals surface area (Å²) in [4.78, 5) is 22.6. The lowest BCUT2D eigenvalue weighted by atomic mass is 9.96. The van der Waals surface area contributed by atoms with Crippen molar-refractivity contribution in [3.8, 4) is 0 Å². The van der Waals surface area contributed by atoms with E-state index < -0.39 is 18.0 Å². The zero-order valence-corrected chi connectivity index (χ0v) is 14.7. The van der Waals surface area contributed by atoms with Crippen LogP contribution in [-0.4, -0.2) is 45.7 Å². The van der Waals surface area contributed by atoms with Crippen LogP contribution in [0.5, 0.6) is 0 Å². The van der Waals surface area contributed by atoms with E-state index in [1.54, 1.807) is 23.5 Å². The number of halogens is 2. The molecule has 2 aliphatic carbocycles. The van der Waals surface area contributed by atoms with Gasteiger partial charge >= 0.3 is 17.9 Å². The van der Waals surface area contributed by atoms with Gasteiger partial charge in [0, 0.05) is 24.9 Å². The van der Waals surface area contributed by atoms with Crippen molar-refractivity contribution in [2.45, 2.75) is 54.5 Å². The monoisotopic (exact) mass is 366 g/mol. The molecule has 1 saturated heterocycles. The summed E-state index contributed by atoms with van der Waals surface area (Å²) in [5, 5.41) is 0.117. The van der Waals surface area contributed by atoms with Crippen LogP contribution in [0.1, 0.15) is 33.1 Å².